The summed E-state index contributed by atoms with van der Waals surface area (Å²) in [7, 11) is 1.63. The van der Waals surface area contributed by atoms with Crippen LogP contribution in [0.3, 0.4) is 0 Å². The molecule has 2 N–H and O–H groups in total. The molecule has 0 atom stereocenters. The second kappa shape index (κ2) is 11.7. The van der Waals surface area contributed by atoms with Crippen molar-refractivity contribution in [3.8, 4) is 0 Å². The lowest BCUT2D eigenvalue weighted by atomic mass is 10.1. The van der Waals surface area contributed by atoms with Gasteiger partial charge in [-0.25, -0.2) is 19.2 Å². The third-order valence-electron chi connectivity index (χ3n) is 7.61. The Morgan fingerprint density at radius 1 is 1.00 bits per heavy atom. The highest BCUT2D eigenvalue weighted by Crippen LogP contribution is 2.30. The number of halogens is 1. The number of amides is 2. The van der Waals surface area contributed by atoms with Crippen molar-refractivity contribution in [2.75, 3.05) is 17.3 Å². The lowest BCUT2D eigenvalue weighted by molar-refractivity contribution is -0.114. The average Bonchev–Trinajstić information content (AvgIpc) is 3.74. The van der Waals surface area contributed by atoms with Gasteiger partial charge in [-0.15, -0.1) is 0 Å². The summed E-state index contributed by atoms with van der Waals surface area (Å²) >= 11 is 0. The first-order valence-corrected chi connectivity index (χ1v) is 14.2. The van der Waals surface area contributed by atoms with Crippen molar-refractivity contribution in [2.24, 2.45) is 5.92 Å². The van der Waals surface area contributed by atoms with Crippen molar-refractivity contribution in [2.45, 2.75) is 39.3 Å². The molecule has 0 radical (unpaired) electrons. The molecule has 12 heteroatoms. The van der Waals surface area contributed by atoms with Gasteiger partial charge in [0.2, 0.25) is 5.91 Å². The quantitative estimate of drug-likeness (QED) is 0.267. The predicted octanol–water partition coefficient (Wildman–Crippen LogP) is 3.70. The van der Waals surface area contributed by atoms with Gasteiger partial charge in [0.25, 0.3) is 11.5 Å². The van der Waals surface area contributed by atoms with Crippen molar-refractivity contribution < 1.29 is 14.0 Å². The van der Waals surface area contributed by atoms with E-state index in [4.69, 9.17) is 0 Å². The molecule has 11 nitrogen and oxygen atoms in total. The molecular weight excluding hydrogens is 565 g/mol. The Bertz CT molecular complexity index is 2010. The largest absolute Gasteiger partial charge is 0.336 e. The fourth-order valence-electron chi connectivity index (χ4n) is 5.08. The molecule has 224 valence electrons. The number of hydrogen-bond acceptors (Lipinski definition) is 6. The Morgan fingerprint density at radius 3 is 2.45 bits per heavy atom. The maximum Gasteiger partial charge on any atom is 0.333 e. The van der Waals surface area contributed by atoms with Gasteiger partial charge in [-0.05, 0) is 54.7 Å². The lowest BCUT2D eigenvalue weighted by Crippen LogP contribution is -2.40. The van der Waals surface area contributed by atoms with E-state index in [1.165, 1.54) is 22.5 Å². The summed E-state index contributed by atoms with van der Waals surface area (Å²) in [5, 5.41) is 2.57. The SMILES string of the molecule is CC(=O)Nc1cccc(C(=O)N(C)c2ccc(Cc3nc4c([nH]3)c(=O)n(Cc3ccccc3F)c(=O)n4CC3CC3)cc2)n1. The van der Waals surface area contributed by atoms with E-state index in [9.17, 15) is 23.6 Å². The third kappa shape index (κ3) is 5.91. The number of hydrogen-bond donors (Lipinski definition) is 2. The molecule has 0 bridgehead atoms. The van der Waals surface area contributed by atoms with E-state index >= 15 is 0 Å². The van der Waals surface area contributed by atoms with Gasteiger partial charge in [0.15, 0.2) is 5.65 Å². The Kier molecular flexibility index (Phi) is 7.64. The number of nitrogens with one attached hydrogen (secondary N) is 2. The zero-order valence-electron chi connectivity index (χ0n) is 24.2. The number of aromatic amines is 1. The summed E-state index contributed by atoms with van der Waals surface area (Å²) in [5.74, 6) is 0.0204. The van der Waals surface area contributed by atoms with Crippen LogP contribution >= 0.6 is 0 Å². The number of carbonyl (C=O) groups is 2. The van der Waals surface area contributed by atoms with Crippen LogP contribution in [0.15, 0.2) is 76.3 Å². The minimum absolute atomic E-state index is 0.181. The summed E-state index contributed by atoms with van der Waals surface area (Å²) in [6, 6.07) is 18.2. The summed E-state index contributed by atoms with van der Waals surface area (Å²) < 4.78 is 17.0. The van der Waals surface area contributed by atoms with Crippen LogP contribution in [0.2, 0.25) is 0 Å². The van der Waals surface area contributed by atoms with E-state index in [0.29, 0.717) is 41.9 Å². The number of fused-ring (bicyclic) bond motifs is 1. The third-order valence-corrected chi connectivity index (χ3v) is 7.61. The monoisotopic (exact) mass is 595 g/mol. The van der Waals surface area contributed by atoms with Gasteiger partial charge in [0, 0.05) is 38.2 Å². The number of aromatic nitrogens is 5. The van der Waals surface area contributed by atoms with Crippen LogP contribution < -0.4 is 21.5 Å². The molecule has 1 saturated carbocycles. The molecule has 1 fully saturated rings. The van der Waals surface area contributed by atoms with Crippen molar-refractivity contribution in [3.63, 3.8) is 0 Å². The van der Waals surface area contributed by atoms with E-state index in [0.717, 1.165) is 23.0 Å². The zero-order valence-corrected chi connectivity index (χ0v) is 24.2. The normalized spacial score (nSPS) is 12.8. The van der Waals surface area contributed by atoms with Crippen LogP contribution in [0.4, 0.5) is 15.9 Å². The first kappa shape index (κ1) is 28.7. The molecule has 2 amide bonds. The summed E-state index contributed by atoms with van der Waals surface area (Å²) in [6.07, 6.45) is 2.34. The fourth-order valence-corrected chi connectivity index (χ4v) is 5.08. The maximum atomic E-state index is 14.4. The number of pyridine rings is 1. The summed E-state index contributed by atoms with van der Waals surface area (Å²) in [4.78, 5) is 64.8. The van der Waals surface area contributed by atoms with Crippen molar-refractivity contribution in [1.29, 1.82) is 0 Å². The first-order valence-electron chi connectivity index (χ1n) is 14.2. The molecule has 0 spiro atoms. The highest BCUT2D eigenvalue weighted by molar-refractivity contribution is 6.04. The molecule has 6 rings (SSSR count). The van der Waals surface area contributed by atoms with Crippen LogP contribution in [0.25, 0.3) is 11.2 Å². The van der Waals surface area contributed by atoms with Gasteiger partial charge in [0.05, 0.1) is 6.54 Å². The zero-order chi connectivity index (χ0) is 31.0. The van der Waals surface area contributed by atoms with Crippen LogP contribution in [0, 0.1) is 11.7 Å². The van der Waals surface area contributed by atoms with Gasteiger partial charge in [-0.2, -0.15) is 0 Å². The Morgan fingerprint density at radius 2 is 1.75 bits per heavy atom. The van der Waals surface area contributed by atoms with Gasteiger partial charge < -0.3 is 15.2 Å². The Labute approximate surface area is 251 Å². The minimum Gasteiger partial charge on any atom is -0.336 e. The van der Waals surface area contributed by atoms with Crippen molar-refractivity contribution in [3.05, 3.63) is 116 Å². The van der Waals surface area contributed by atoms with E-state index in [1.54, 1.807) is 55.6 Å². The average molecular weight is 596 g/mol. The molecule has 0 aliphatic heterocycles. The number of imidazole rings is 1. The number of H-pyrrole nitrogens is 1. The highest BCUT2D eigenvalue weighted by atomic mass is 19.1. The number of benzene rings is 2. The van der Waals surface area contributed by atoms with Crippen LogP contribution in [-0.2, 0) is 24.3 Å². The Hall–Kier alpha value is -5.39. The molecule has 1 aliphatic carbocycles. The van der Waals surface area contributed by atoms with Crippen molar-refractivity contribution in [1.82, 2.24) is 24.1 Å². The molecule has 5 aromatic rings. The summed E-state index contributed by atoms with van der Waals surface area (Å²) in [6.45, 7) is 1.63. The molecule has 3 aromatic heterocycles. The summed E-state index contributed by atoms with van der Waals surface area (Å²) in [5.41, 5.74) is 1.36. The van der Waals surface area contributed by atoms with Gasteiger partial charge in [0.1, 0.15) is 28.7 Å². The minimum atomic E-state index is -0.550. The van der Waals surface area contributed by atoms with Crippen molar-refractivity contribution >= 4 is 34.5 Å². The van der Waals surface area contributed by atoms with E-state index < -0.39 is 17.1 Å². The fraction of sp³-hybridized carbons (Fsp3) is 0.250. The van der Waals surface area contributed by atoms with Gasteiger partial charge in [-0.3, -0.25) is 23.5 Å². The number of rotatable bonds is 9. The predicted molar refractivity (Wildman–Crippen MR) is 163 cm³/mol. The second-order valence-corrected chi connectivity index (χ2v) is 11.0. The van der Waals surface area contributed by atoms with E-state index in [2.05, 4.69) is 20.3 Å². The van der Waals surface area contributed by atoms with E-state index in [1.807, 2.05) is 12.1 Å². The molecule has 1 aliphatic rings. The second-order valence-electron chi connectivity index (χ2n) is 11.0. The van der Waals surface area contributed by atoms with Gasteiger partial charge in [-0.1, -0.05) is 36.4 Å². The van der Waals surface area contributed by atoms with Crippen LogP contribution in [0.1, 0.15) is 47.2 Å². The van der Waals surface area contributed by atoms with Crippen LogP contribution in [0.5, 0.6) is 0 Å². The molecule has 0 unspecified atom stereocenters. The number of nitrogens with zero attached hydrogens (tertiary/aromatic N) is 5. The molecular formula is C32H30FN7O4. The molecule has 3 heterocycles. The maximum absolute atomic E-state index is 14.4. The van der Waals surface area contributed by atoms with Gasteiger partial charge >= 0.3 is 5.69 Å². The number of carbonyl (C=O) groups excluding carboxylic acids is 2. The molecule has 2 aromatic carbocycles. The Balaban J connectivity index is 1.26. The first-order chi connectivity index (χ1) is 21.2. The van der Waals surface area contributed by atoms with Crippen LogP contribution in [-0.4, -0.2) is 42.9 Å². The highest BCUT2D eigenvalue weighted by Gasteiger charge is 2.26. The topological polar surface area (TPSA) is 135 Å². The lowest BCUT2D eigenvalue weighted by Gasteiger charge is -2.17. The molecule has 0 saturated heterocycles. The smallest absolute Gasteiger partial charge is 0.333 e. The number of anilines is 2. The standard InChI is InChI=1S/C32H30FN7O4/c1-19(41)34-26-9-5-8-25(35-26)30(42)38(2)23-14-12-20(13-15-23)16-27-36-28-29(37-27)39(17-21-10-11-21)32(44)40(31(28)43)18-22-6-3-4-7-24(22)33/h3-9,12-15,21H,10-11,16-18H2,1-2H3,(H,36,37)(H,34,35,41). The van der Waals surface area contributed by atoms with E-state index in [-0.39, 0.29) is 35.1 Å². The molecule has 44 heavy (non-hydrogen) atoms.